The van der Waals surface area contributed by atoms with Gasteiger partial charge in [-0.1, -0.05) is 15.9 Å². The van der Waals surface area contributed by atoms with E-state index in [4.69, 9.17) is 0 Å². The Hall–Kier alpha value is -0.970. The highest BCUT2D eigenvalue weighted by molar-refractivity contribution is 9.09. The fourth-order valence-electron chi connectivity index (χ4n) is 1.01. The smallest absolute Gasteiger partial charge is 0.258 e. The first-order valence-electron chi connectivity index (χ1n) is 3.60. The van der Waals surface area contributed by atoms with Crippen molar-refractivity contribution in [3.05, 3.63) is 39.7 Å². The summed E-state index contributed by atoms with van der Waals surface area (Å²) in [6.45, 7) is 1.71. The maximum atomic E-state index is 12.7. The van der Waals surface area contributed by atoms with Gasteiger partial charge in [0.15, 0.2) is 0 Å². The van der Waals surface area contributed by atoms with E-state index in [1.165, 1.54) is 6.07 Å². The number of hydrogen-bond donors (Lipinski definition) is 0. The Kier molecular flexibility index (Phi) is 2.98. The number of nitro benzene ring substituents is 1. The van der Waals surface area contributed by atoms with Gasteiger partial charge in [0.25, 0.3) is 5.69 Å². The summed E-state index contributed by atoms with van der Waals surface area (Å²) >= 11 is 3.16. The number of halogens is 2. The van der Waals surface area contributed by atoms with E-state index in [0.29, 0.717) is 5.56 Å². The van der Waals surface area contributed by atoms with Gasteiger partial charge in [-0.15, -0.1) is 0 Å². The van der Waals surface area contributed by atoms with Crippen LogP contribution in [0.3, 0.4) is 0 Å². The lowest BCUT2D eigenvalue weighted by atomic mass is 10.1. The average molecular weight is 248 g/mol. The summed E-state index contributed by atoms with van der Waals surface area (Å²) in [5, 5.41) is 10.5. The Labute approximate surface area is 82.8 Å². The van der Waals surface area contributed by atoms with Gasteiger partial charge in [-0.3, -0.25) is 10.1 Å². The third kappa shape index (κ3) is 2.24. The number of nitro groups is 1. The third-order valence-corrected chi connectivity index (χ3v) is 2.11. The molecular weight excluding hydrogens is 241 g/mol. The van der Waals surface area contributed by atoms with Gasteiger partial charge in [0.1, 0.15) is 5.82 Å². The van der Waals surface area contributed by atoms with Gasteiger partial charge in [0.2, 0.25) is 0 Å². The molecule has 3 nitrogen and oxygen atoms in total. The molecule has 5 heteroatoms. The topological polar surface area (TPSA) is 43.1 Å². The van der Waals surface area contributed by atoms with Crippen molar-refractivity contribution in [3.8, 4) is 0 Å². The third-order valence-electron chi connectivity index (χ3n) is 1.61. The van der Waals surface area contributed by atoms with Crippen LogP contribution in [-0.4, -0.2) is 4.92 Å². The summed E-state index contributed by atoms with van der Waals surface area (Å²) in [7, 11) is 0. The van der Waals surface area contributed by atoms with E-state index >= 15 is 0 Å². The first-order valence-corrected chi connectivity index (χ1v) is 4.52. The van der Waals surface area contributed by atoms with Crippen LogP contribution in [0.5, 0.6) is 0 Å². The number of alkyl halides is 1. The molecule has 0 aliphatic heterocycles. The molecule has 0 saturated heterocycles. The zero-order valence-corrected chi connectivity index (χ0v) is 8.42. The van der Waals surface area contributed by atoms with E-state index < -0.39 is 10.7 Å². The highest BCUT2D eigenvalue weighted by Crippen LogP contribution is 2.30. The van der Waals surface area contributed by atoms with Crippen LogP contribution in [0.25, 0.3) is 0 Å². The van der Waals surface area contributed by atoms with Crippen LogP contribution in [0.2, 0.25) is 0 Å². The van der Waals surface area contributed by atoms with E-state index in [2.05, 4.69) is 15.9 Å². The Balaban J connectivity index is 3.26. The van der Waals surface area contributed by atoms with Crippen molar-refractivity contribution in [2.24, 2.45) is 0 Å². The fourth-order valence-corrected chi connectivity index (χ4v) is 1.38. The second-order valence-corrected chi connectivity index (χ2v) is 3.95. The molecule has 1 aromatic rings. The molecule has 0 saturated carbocycles. The lowest BCUT2D eigenvalue weighted by Gasteiger charge is -2.04. The van der Waals surface area contributed by atoms with E-state index in [0.717, 1.165) is 12.1 Å². The molecule has 0 aromatic heterocycles. The molecule has 13 heavy (non-hydrogen) atoms. The average Bonchev–Trinajstić information content (AvgIpc) is 2.03. The Morgan fingerprint density at radius 2 is 2.23 bits per heavy atom. The number of rotatable bonds is 2. The lowest BCUT2D eigenvalue weighted by molar-refractivity contribution is -0.385. The molecule has 0 amide bonds. The van der Waals surface area contributed by atoms with Crippen molar-refractivity contribution in [3.63, 3.8) is 0 Å². The van der Waals surface area contributed by atoms with Crippen molar-refractivity contribution in [1.29, 1.82) is 0 Å². The summed E-state index contributed by atoms with van der Waals surface area (Å²) in [5.74, 6) is -0.466. The normalized spacial score (nSPS) is 12.5. The minimum atomic E-state index is -0.521. The van der Waals surface area contributed by atoms with Crippen molar-refractivity contribution in [2.45, 2.75) is 11.8 Å². The van der Waals surface area contributed by atoms with Gasteiger partial charge in [-0.05, 0) is 19.1 Å². The maximum absolute atomic E-state index is 12.7. The van der Waals surface area contributed by atoms with Crippen molar-refractivity contribution in [2.75, 3.05) is 0 Å². The molecule has 1 unspecified atom stereocenters. The molecule has 0 fully saturated rings. The molecule has 1 aromatic carbocycles. The van der Waals surface area contributed by atoms with Crippen LogP contribution in [0, 0.1) is 15.9 Å². The zero-order chi connectivity index (χ0) is 10.0. The molecule has 1 rings (SSSR count). The summed E-state index contributed by atoms with van der Waals surface area (Å²) in [5.41, 5.74) is 0.288. The first kappa shape index (κ1) is 10.1. The predicted octanol–water partition coefficient (Wildman–Crippen LogP) is 3.19. The lowest BCUT2D eigenvalue weighted by Crippen LogP contribution is -1.96. The predicted molar refractivity (Wildman–Crippen MR) is 50.4 cm³/mol. The minimum absolute atomic E-state index is 0.0641. The largest absolute Gasteiger partial charge is 0.273 e. The molecule has 70 valence electrons. The summed E-state index contributed by atoms with van der Waals surface area (Å²) in [4.78, 5) is 9.75. The maximum Gasteiger partial charge on any atom is 0.273 e. The van der Waals surface area contributed by atoms with Crippen LogP contribution in [0.15, 0.2) is 18.2 Å². The molecule has 0 bridgehead atoms. The van der Waals surface area contributed by atoms with Crippen LogP contribution >= 0.6 is 15.9 Å². The molecule has 0 N–H and O–H groups in total. The summed E-state index contributed by atoms with van der Waals surface area (Å²) in [6, 6.07) is 3.41. The van der Waals surface area contributed by atoms with Gasteiger partial charge >= 0.3 is 0 Å². The number of nitrogens with zero attached hydrogens (tertiary/aromatic N) is 1. The van der Waals surface area contributed by atoms with Crippen molar-refractivity contribution < 1.29 is 9.31 Å². The Morgan fingerprint density at radius 1 is 1.62 bits per heavy atom. The van der Waals surface area contributed by atoms with Crippen LogP contribution in [-0.2, 0) is 0 Å². The zero-order valence-electron chi connectivity index (χ0n) is 6.83. The van der Waals surface area contributed by atoms with Gasteiger partial charge in [-0.25, -0.2) is 4.39 Å². The molecule has 1 atom stereocenters. The molecular formula is C8H7BrFNO2. The number of hydrogen-bond acceptors (Lipinski definition) is 2. The second-order valence-electron chi connectivity index (χ2n) is 2.58. The van der Waals surface area contributed by atoms with Crippen LogP contribution < -0.4 is 0 Å². The van der Waals surface area contributed by atoms with Gasteiger partial charge < -0.3 is 0 Å². The Morgan fingerprint density at radius 3 is 2.69 bits per heavy atom. The van der Waals surface area contributed by atoms with E-state index in [-0.39, 0.29) is 10.5 Å². The summed E-state index contributed by atoms with van der Waals surface area (Å²) in [6.07, 6.45) is 0. The summed E-state index contributed by atoms with van der Waals surface area (Å²) < 4.78 is 12.7. The standard InChI is InChI=1S/C8H7BrFNO2/c1-5(9)7-4-6(10)2-3-8(7)11(12)13/h2-5H,1H3. The molecule has 0 aliphatic carbocycles. The van der Waals surface area contributed by atoms with Crippen LogP contribution in [0.4, 0.5) is 10.1 Å². The van der Waals surface area contributed by atoms with Crippen molar-refractivity contribution in [1.82, 2.24) is 0 Å². The first-order chi connectivity index (χ1) is 6.02. The monoisotopic (exact) mass is 247 g/mol. The van der Waals surface area contributed by atoms with E-state index in [1.807, 2.05) is 0 Å². The van der Waals surface area contributed by atoms with Crippen molar-refractivity contribution >= 4 is 21.6 Å². The molecule has 0 aliphatic rings. The number of benzene rings is 1. The highest BCUT2D eigenvalue weighted by atomic mass is 79.9. The van der Waals surface area contributed by atoms with Gasteiger partial charge in [0.05, 0.1) is 4.92 Å². The van der Waals surface area contributed by atoms with E-state index in [9.17, 15) is 14.5 Å². The molecule has 0 heterocycles. The van der Waals surface area contributed by atoms with Gasteiger partial charge in [-0.2, -0.15) is 0 Å². The quantitative estimate of drug-likeness (QED) is 0.458. The fraction of sp³-hybridized carbons (Fsp3) is 0.250. The molecule has 0 radical (unpaired) electrons. The minimum Gasteiger partial charge on any atom is -0.258 e. The highest BCUT2D eigenvalue weighted by Gasteiger charge is 2.17. The van der Waals surface area contributed by atoms with Gasteiger partial charge in [0, 0.05) is 16.5 Å². The Bertz CT molecular complexity index is 341. The van der Waals surface area contributed by atoms with Crippen LogP contribution in [0.1, 0.15) is 17.3 Å². The SMILES string of the molecule is CC(Br)c1cc(F)ccc1[N+](=O)[O-]. The molecule has 0 spiro atoms. The van der Waals surface area contributed by atoms with E-state index in [1.54, 1.807) is 6.92 Å². The second kappa shape index (κ2) is 3.83.